The Morgan fingerprint density at radius 3 is 2.19 bits per heavy atom. The van der Waals surface area contributed by atoms with Gasteiger partial charge in [0, 0.05) is 12.1 Å². The van der Waals surface area contributed by atoms with Gasteiger partial charge in [-0.2, -0.15) is 22.0 Å². The van der Waals surface area contributed by atoms with Gasteiger partial charge >= 0.3 is 12.1 Å². The van der Waals surface area contributed by atoms with Crippen LogP contribution in [0.5, 0.6) is 5.75 Å². The van der Waals surface area contributed by atoms with Crippen LogP contribution in [0.25, 0.3) is 5.69 Å². The van der Waals surface area contributed by atoms with Crippen molar-refractivity contribution in [2.45, 2.75) is 32.1 Å². The molecule has 12 heteroatoms. The van der Waals surface area contributed by atoms with E-state index in [1.165, 1.54) is 0 Å². The molecular weight excluding hydrogens is 425 g/mol. The minimum atomic E-state index is -5.99. The smallest absolute Gasteiger partial charge is 0.459 e. The number of ether oxygens (including phenoxy) is 1. The first-order valence-electron chi connectivity index (χ1n) is 7.16. The molecule has 0 N–H and O–H groups in total. The lowest BCUT2D eigenvalue weighted by molar-refractivity contribution is -0.291. The van der Waals surface area contributed by atoms with Crippen molar-refractivity contribution in [3.63, 3.8) is 0 Å². The largest absolute Gasteiger partial charge is 0.489 e. The van der Waals surface area contributed by atoms with Crippen molar-refractivity contribution >= 4 is 23.2 Å². The summed E-state index contributed by atoms with van der Waals surface area (Å²) < 4.78 is 84.0. The Bertz CT molecular complexity index is 928. The first kappa shape index (κ1) is 21.4. The van der Waals surface area contributed by atoms with Gasteiger partial charge in [-0.05, 0) is 31.5 Å². The molecule has 1 aromatic heterocycles. The van der Waals surface area contributed by atoms with Crippen LogP contribution in [-0.2, 0) is 5.92 Å². The highest BCUT2D eigenvalue weighted by Gasteiger charge is 2.60. The predicted molar refractivity (Wildman–Crippen MR) is 85.5 cm³/mol. The number of alkyl halides is 5. The van der Waals surface area contributed by atoms with Crippen LogP contribution in [0.15, 0.2) is 23.0 Å². The van der Waals surface area contributed by atoms with E-state index in [4.69, 9.17) is 27.9 Å². The summed E-state index contributed by atoms with van der Waals surface area (Å²) in [5.41, 5.74) is -3.95. The van der Waals surface area contributed by atoms with E-state index in [0.717, 1.165) is 12.1 Å². The molecule has 0 saturated heterocycles. The second kappa shape index (κ2) is 7.23. The van der Waals surface area contributed by atoms with Gasteiger partial charge in [0.25, 0.3) is 5.56 Å². The maximum Gasteiger partial charge on any atom is 0.459 e. The Balaban J connectivity index is 2.67. The van der Waals surface area contributed by atoms with E-state index in [9.17, 15) is 31.1 Å². The van der Waals surface area contributed by atoms with E-state index in [-0.39, 0.29) is 22.9 Å². The van der Waals surface area contributed by atoms with E-state index in [1.807, 2.05) is 0 Å². The number of aromatic nitrogens is 2. The summed E-state index contributed by atoms with van der Waals surface area (Å²) in [5, 5.41) is -1.25. The van der Waals surface area contributed by atoms with Gasteiger partial charge in [0.2, 0.25) is 5.28 Å². The standard InChI is InChI=1S/C15H10Cl2F6N2O2/c1-6(2)27-10-4-9(8(18)3-7(10)16)25-12(26)5-11(24-13(25)17)14(19,20)15(21,22)23/h3-6H,1-2H3. The van der Waals surface area contributed by atoms with Crippen LogP contribution in [0.2, 0.25) is 10.3 Å². The zero-order valence-corrected chi connectivity index (χ0v) is 15.1. The maximum absolute atomic E-state index is 14.2. The highest BCUT2D eigenvalue weighted by Crippen LogP contribution is 2.43. The predicted octanol–water partition coefficient (Wildman–Crippen LogP) is 5.12. The molecular formula is C15H10Cl2F6N2O2. The number of benzene rings is 1. The van der Waals surface area contributed by atoms with E-state index in [1.54, 1.807) is 13.8 Å². The molecule has 0 unspecified atom stereocenters. The Morgan fingerprint density at radius 1 is 1.11 bits per heavy atom. The average molecular weight is 435 g/mol. The zero-order valence-electron chi connectivity index (χ0n) is 13.5. The fourth-order valence-corrected chi connectivity index (χ4v) is 2.47. The quantitative estimate of drug-likeness (QED) is 0.495. The van der Waals surface area contributed by atoms with E-state index < -0.39 is 40.1 Å². The van der Waals surface area contributed by atoms with Crippen molar-refractivity contribution in [3.05, 3.63) is 50.4 Å². The van der Waals surface area contributed by atoms with E-state index >= 15 is 0 Å². The van der Waals surface area contributed by atoms with Gasteiger partial charge in [-0.1, -0.05) is 11.6 Å². The summed E-state index contributed by atoms with van der Waals surface area (Å²) in [4.78, 5) is 15.0. The average Bonchev–Trinajstić information content (AvgIpc) is 2.49. The topological polar surface area (TPSA) is 44.1 Å². The second-order valence-corrected chi connectivity index (χ2v) is 6.30. The molecule has 0 saturated carbocycles. The highest BCUT2D eigenvalue weighted by atomic mass is 35.5. The Morgan fingerprint density at radius 2 is 1.70 bits per heavy atom. The summed E-state index contributed by atoms with van der Waals surface area (Å²) in [7, 11) is 0. The molecule has 0 fully saturated rings. The molecule has 148 valence electrons. The normalized spacial score (nSPS) is 12.6. The summed E-state index contributed by atoms with van der Waals surface area (Å²) in [5.74, 6) is -6.58. The first-order valence-corrected chi connectivity index (χ1v) is 7.92. The molecule has 1 aromatic carbocycles. The summed E-state index contributed by atoms with van der Waals surface area (Å²) in [6, 6.07) is 1.65. The third-order valence-electron chi connectivity index (χ3n) is 3.16. The monoisotopic (exact) mass is 434 g/mol. The molecule has 27 heavy (non-hydrogen) atoms. The molecule has 1 heterocycles. The number of hydrogen-bond acceptors (Lipinski definition) is 3. The Labute approximate surface area is 158 Å². The lowest BCUT2D eigenvalue weighted by atomic mass is 10.2. The van der Waals surface area contributed by atoms with Gasteiger partial charge in [-0.3, -0.25) is 4.79 Å². The molecule has 0 aliphatic carbocycles. The van der Waals surface area contributed by atoms with Crippen LogP contribution >= 0.6 is 23.2 Å². The zero-order chi connectivity index (χ0) is 20.7. The van der Waals surface area contributed by atoms with Gasteiger partial charge in [-0.25, -0.2) is 13.9 Å². The van der Waals surface area contributed by atoms with Gasteiger partial charge in [0.05, 0.1) is 16.8 Å². The molecule has 2 rings (SSSR count). The molecule has 0 spiro atoms. The Kier molecular flexibility index (Phi) is 5.72. The van der Waals surface area contributed by atoms with Crippen molar-refractivity contribution in [1.82, 2.24) is 9.55 Å². The third kappa shape index (κ3) is 4.16. The molecule has 0 radical (unpaired) electrons. The van der Waals surface area contributed by atoms with Crippen molar-refractivity contribution in [2.24, 2.45) is 0 Å². The van der Waals surface area contributed by atoms with Crippen molar-refractivity contribution in [2.75, 3.05) is 0 Å². The maximum atomic E-state index is 14.2. The summed E-state index contributed by atoms with van der Waals surface area (Å²) in [6.07, 6.45) is -6.38. The third-order valence-corrected chi connectivity index (χ3v) is 3.71. The lowest BCUT2D eigenvalue weighted by Gasteiger charge is -2.20. The van der Waals surface area contributed by atoms with Crippen LogP contribution < -0.4 is 10.3 Å². The number of halogens is 8. The van der Waals surface area contributed by atoms with Gasteiger partial charge in [-0.15, -0.1) is 0 Å². The number of nitrogens with zero attached hydrogens (tertiary/aromatic N) is 2. The fraction of sp³-hybridized carbons (Fsp3) is 0.333. The fourth-order valence-electron chi connectivity index (χ4n) is 2.01. The van der Waals surface area contributed by atoms with Crippen LogP contribution in [-0.4, -0.2) is 21.8 Å². The minimum Gasteiger partial charge on any atom is -0.489 e. The van der Waals surface area contributed by atoms with Crippen LogP contribution in [0.3, 0.4) is 0 Å². The van der Waals surface area contributed by atoms with Crippen LogP contribution in [0.4, 0.5) is 26.3 Å². The van der Waals surface area contributed by atoms with Crippen molar-refractivity contribution < 1.29 is 31.1 Å². The summed E-state index contributed by atoms with van der Waals surface area (Å²) in [6.45, 7) is 3.27. The first-order chi connectivity index (χ1) is 12.3. The SMILES string of the molecule is CC(C)Oc1cc(-n2c(Cl)nc(C(F)(F)C(F)(F)F)cc2=O)c(F)cc1Cl. The van der Waals surface area contributed by atoms with Crippen molar-refractivity contribution in [1.29, 1.82) is 0 Å². The molecule has 0 bridgehead atoms. The summed E-state index contributed by atoms with van der Waals surface area (Å²) >= 11 is 11.4. The Hall–Kier alpha value is -1.94. The highest BCUT2D eigenvalue weighted by molar-refractivity contribution is 6.32. The second-order valence-electron chi connectivity index (χ2n) is 5.56. The van der Waals surface area contributed by atoms with Crippen LogP contribution in [0.1, 0.15) is 19.5 Å². The van der Waals surface area contributed by atoms with Crippen LogP contribution in [0, 0.1) is 5.82 Å². The van der Waals surface area contributed by atoms with Gasteiger partial charge in [0.1, 0.15) is 17.3 Å². The molecule has 0 aliphatic heterocycles. The molecule has 2 aromatic rings. The van der Waals surface area contributed by atoms with Crippen molar-refractivity contribution in [3.8, 4) is 11.4 Å². The van der Waals surface area contributed by atoms with E-state index in [2.05, 4.69) is 4.98 Å². The molecule has 0 amide bonds. The van der Waals surface area contributed by atoms with Gasteiger partial charge < -0.3 is 4.74 Å². The molecule has 4 nitrogen and oxygen atoms in total. The minimum absolute atomic E-state index is 0.0595. The molecule has 0 aliphatic rings. The lowest BCUT2D eigenvalue weighted by Crippen LogP contribution is -2.36. The molecule has 0 atom stereocenters. The van der Waals surface area contributed by atoms with Gasteiger partial charge in [0.15, 0.2) is 0 Å². The van der Waals surface area contributed by atoms with E-state index in [0.29, 0.717) is 4.57 Å². The number of hydrogen-bond donors (Lipinski definition) is 0. The number of rotatable bonds is 4.